The molecule has 3 N–H and O–H groups in total. The molecular formula is C18H29N3O5. The summed E-state index contributed by atoms with van der Waals surface area (Å²) in [6, 6.07) is 4.95. The van der Waals surface area contributed by atoms with Gasteiger partial charge in [-0.1, -0.05) is 0 Å². The number of hydrogen-bond donors (Lipinski definition) is 3. The zero-order chi connectivity index (χ0) is 19.3. The topological polar surface area (TPSA) is 94.5 Å². The zero-order valence-corrected chi connectivity index (χ0v) is 15.9. The molecule has 1 aromatic rings. The fourth-order valence-electron chi connectivity index (χ4n) is 2.64. The lowest BCUT2D eigenvalue weighted by Crippen LogP contribution is -2.56. The van der Waals surface area contributed by atoms with E-state index >= 15 is 0 Å². The van der Waals surface area contributed by atoms with Gasteiger partial charge in [0.05, 0.1) is 7.11 Å². The molecule has 0 radical (unpaired) electrons. The Morgan fingerprint density at radius 3 is 2.50 bits per heavy atom. The number of hydrogen-bond acceptors (Lipinski definition) is 7. The van der Waals surface area contributed by atoms with Crippen LogP contribution in [-0.4, -0.2) is 71.3 Å². The normalized spacial score (nSPS) is 17.0. The number of nitrogens with one attached hydrogen (secondary N) is 1. The van der Waals surface area contributed by atoms with Gasteiger partial charge in [0.25, 0.3) is 0 Å². The summed E-state index contributed by atoms with van der Waals surface area (Å²) in [6.45, 7) is 7.82. The van der Waals surface area contributed by atoms with Gasteiger partial charge in [0.15, 0.2) is 6.35 Å². The van der Waals surface area contributed by atoms with E-state index in [2.05, 4.69) is 5.32 Å². The first kappa shape index (κ1) is 20.3. The number of amides is 1. The molecule has 1 fully saturated rings. The number of aliphatic hydroxyl groups is 1. The van der Waals surface area contributed by atoms with E-state index < -0.39 is 12.0 Å². The number of carbonyl (C=O) groups excluding carboxylic acids is 1. The van der Waals surface area contributed by atoms with Crippen molar-refractivity contribution in [3.63, 3.8) is 0 Å². The van der Waals surface area contributed by atoms with Crippen LogP contribution >= 0.6 is 0 Å². The number of aromatic hydroxyl groups is 1. The first-order chi connectivity index (χ1) is 12.2. The second kappa shape index (κ2) is 8.57. The van der Waals surface area contributed by atoms with E-state index in [1.54, 1.807) is 30.2 Å². The molecule has 0 saturated carbocycles. The Morgan fingerprint density at radius 1 is 1.27 bits per heavy atom. The van der Waals surface area contributed by atoms with Crippen molar-refractivity contribution in [1.82, 2.24) is 15.1 Å². The van der Waals surface area contributed by atoms with Crippen LogP contribution in [-0.2, 0) is 11.3 Å². The zero-order valence-electron chi connectivity index (χ0n) is 15.9. The van der Waals surface area contributed by atoms with Gasteiger partial charge in [-0.25, -0.2) is 4.79 Å². The fourth-order valence-corrected chi connectivity index (χ4v) is 2.64. The van der Waals surface area contributed by atoms with Crippen LogP contribution in [0.3, 0.4) is 0 Å². The second-order valence-electron chi connectivity index (χ2n) is 7.25. The second-order valence-corrected chi connectivity index (χ2v) is 7.25. The van der Waals surface area contributed by atoms with Crippen molar-refractivity contribution >= 4 is 6.09 Å². The van der Waals surface area contributed by atoms with Crippen molar-refractivity contribution in [2.45, 2.75) is 39.3 Å². The van der Waals surface area contributed by atoms with Crippen molar-refractivity contribution in [1.29, 1.82) is 0 Å². The molecule has 0 spiro atoms. The lowest BCUT2D eigenvalue weighted by atomic mass is 10.2. The van der Waals surface area contributed by atoms with E-state index in [9.17, 15) is 15.0 Å². The molecule has 26 heavy (non-hydrogen) atoms. The molecule has 1 saturated heterocycles. The first-order valence-electron chi connectivity index (χ1n) is 8.69. The third-order valence-corrected chi connectivity index (χ3v) is 4.07. The van der Waals surface area contributed by atoms with Crippen molar-refractivity contribution in [2.24, 2.45) is 0 Å². The maximum Gasteiger partial charge on any atom is 0.410 e. The van der Waals surface area contributed by atoms with Gasteiger partial charge in [-0.05, 0) is 39.0 Å². The molecule has 2 rings (SSSR count). The molecule has 8 heteroatoms. The van der Waals surface area contributed by atoms with Crippen LogP contribution in [0.15, 0.2) is 18.2 Å². The van der Waals surface area contributed by atoms with Crippen molar-refractivity contribution < 1.29 is 24.5 Å². The Bertz CT molecular complexity index is 609. The first-order valence-corrected chi connectivity index (χ1v) is 8.69. The minimum Gasteiger partial charge on any atom is -0.508 e. The van der Waals surface area contributed by atoms with E-state index in [1.807, 2.05) is 25.7 Å². The summed E-state index contributed by atoms with van der Waals surface area (Å²) in [5, 5.41) is 23.2. The third-order valence-electron chi connectivity index (χ3n) is 4.07. The van der Waals surface area contributed by atoms with Gasteiger partial charge < -0.3 is 24.6 Å². The summed E-state index contributed by atoms with van der Waals surface area (Å²) in [7, 11) is 1.56. The monoisotopic (exact) mass is 367 g/mol. The molecule has 1 heterocycles. The van der Waals surface area contributed by atoms with E-state index in [4.69, 9.17) is 9.47 Å². The summed E-state index contributed by atoms with van der Waals surface area (Å²) < 4.78 is 10.5. The maximum atomic E-state index is 12.1. The number of methoxy groups -OCH3 is 1. The molecule has 1 aromatic carbocycles. The highest BCUT2D eigenvalue weighted by Gasteiger charge is 2.28. The number of ether oxygens (including phenoxy) is 2. The summed E-state index contributed by atoms with van der Waals surface area (Å²) in [5.41, 5.74) is 0.115. The van der Waals surface area contributed by atoms with E-state index in [1.165, 1.54) is 0 Å². The number of piperazine rings is 1. The predicted octanol–water partition coefficient (Wildman–Crippen LogP) is 1.32. The average molecular weight is 367 g/mol. The molecule has 1 unspecified atom stereocenters. The van der Waals surface area contributed by atoms with Crippen LogP contribution in [0.5, 0.6) is 11.5 Å². The Morgan fingerprint density at radius 2 is 1.92 bits per heavy atom. The molecule has 8 nitrogen and oxygen atoms in total. The quantitative estimate of drug-likeness (QED) is 0.676. The van der Waals surface area contributed by atoms with Crippen molar-refractivity contribution in [3.8, 4) is 11.5 Å². The van der Waals surface area contributed by atoms with Crippen molar-refractivity contribution in [2.75, 3.05) is 33.3 Å². The third kappa shape index (κ3) is 5.76. The Balaban J connectivity index is 1.81. The van der Waals surface area contributed by atoms with Gasteiger partial charge in [-0.2, -0.15) is 0 Å². The number of nitrogens with zero attached hydrogens (tertiary/aromatic N) is 2. The molecule has 146 valence electrons. The van der Waals surface area contributed by atoms with E-state index in [0.29, 0.717) is 37.5 Å². The van der Waals surface area contributed by atoms with Gasteiger partial charge in [0.1, 0.15) is 17.1 Å². The molecular weight excluding hydrogens is 338 g/mol. The summed E-state index contributed by atoms with van der Waals surface area (Å²) >= 11 is 0. The SMILES string of the molecule is COc1ccc(O)c(CNC(O)N2CCN(C(=O)OC(C)(C)C)CC2)c1. The lowest BCUT2D eigenvalue weighted by Gasteiger charge is -2.37. The molecule has 0 aliphatic carbocycles. The van der Waals surface area contributed by atoms with Crippen LogP contribution in [0.4, 0.5) is 4.79 Å². The summed E-state index contributed by atoms with van der Waals surface area (Å²) in [6.07, 6.45) is -1.21. The fraction of sp³-hybridized carbons (Fsp3) is 0.611. The largest absolute Gasteiger partial charge is 0.508 e. The molecule has 0 bridgehead atoms. The van der Waals surface area contributed by atoms with Gasteiger partial charge >= 0.3 is 6.09 Å². The minimum absolute atomic E-state index is 0.139. The number of carbonyl (C=O) groups is 1. The van der Waals surface area contributed by atoms with Gasteiger partial charge in [-0.15, -0.1) is 0 Å². The summed E-state index contributed by atoms with van der Waals surface area (Å²) in [4.78, 5) is 15.5. The van der Waals surface area contributed by atoms with Crippen LogP contribution in [0.1, 0.15) is 26.3 Å². The lowest BCUT2D eigenvalue weighted by molar-refractivity contribution is -0.0516. The Hall–Kier alpha value is -2.03. The van der Waals surface area contributed by atoms with Crippen LogP contribution in [0.25, 0.3) is 0 Å². The predicted molar refractivity (Wildman–Crippen MR) is 96.9 cm³/mol. The van der Waals surface area contributed by atoms with E-state index in [0.717, 1.165) is 0 Å². The highest BCUT2D eigenvalue weighted by Crippen LogP contribution is 2.22. The molecule has 1 amide bonds. The van der Waals surface area contributed by atoms with Gasteiger partial charge in [0, 0.05) is 38.3 Å². The minimum atomic E-state index is -0.874. The molecule has 1 aliphatic heterocycles. The average Bonchev–Trinajstić information content (AvgIpc) is 2.59. The molecule has 1 aliphatic rings. The number of phenols is 1. The maximum absolute atomic E-state index is 12.1. The van der Waals surface area contributed by atoms with Crippen LogP contribution < -0.4 is 10.1 Å². The Kier molecular flexibility index (Phi) is 6.69. The highest BCUT2D eigenvalue weighted by molar-refractivity contribution is 5.68. The number of aliphatic hydroxyl groups excluding tert-OH is 1. The summed E-state index contributed by atoms with van der Waals surface area (Å²) in [5.74, 6) is 0.778. The number of benzene rings is 1. The van der Waals surface area contributed by atoms with Gasteiger partial charge in [0.2, 0.25) is 0 Å². The number of phenolic OH excluding ortho intramolecular Hbond substituents is 1. The Labute approximate surface area is 154 Å². The molecule has 1 atom stereocenters. The van der Waals surface area contributed by atoms with E-state index in [-0.39, 0.29) is 18.4 Å². The standard InChI is InChI=1S/C18H29N3O5/c1-18(2,3)26-17(24)21-9-7-20(8-10-21)16(23)19-12-13-11-14(25-4)5-6-15(13)22/h5-6,11,16,19,22-23H,7-10,12H2,1-4H3. The van der Waals surface area contributed by atoms with Crippen LogP contribution in [0.2, 0.25) is 0 Å². The molecule has 0 aromatic heterocycles. The van der Waals surface area contributed by atoms with Crippen LogP contribution in [0, 0.1) is 0 Å². The highest BCUT2D eigenvalue weighted by atomic mass is 16.6. The van der Waals surface area contributed by atoms with Crippen molar-refractivity contribution in [3.05, 3.63) is 23.8 Å². The smallest absolute Gasteiger partial charge is 0.410 e. The van der Waals surface area contributed by atoms with Gasteiger partial charge in [-0.3, -0.25) is 10.2 Å². The number of rotatable bonds is 5.